The van der Waals surface area contributed by atoms with Crippen LogP contribution < -0.4 is 0 Å². The van der Waals surface area contributed by atoms with E-state index in [-0.39, 0.29) is 0 Å². The molecule has 2 unspecified atom stereocenters. The number of alkyl halides is 1. The number of aromatic nitrogens is 3. The average molecular weight is 292 g/mol. The van der Waals surface area contributed by atoms with Crippen molar-refractivity contribution >= 4 is 22.8 Å². The summed E-state index contributed by atoms with van der Waals surface area (Å²) in [6.07, 6.45) is 4.86. The smallest absolute Gasteiger partial charge is 0.160 e. The Kier molecular flexibility index (Phi) is 3.97. The summed E-state index contributed by atoms with van der Waals surface area (Å²) in [7, 11) is 0. The molecule has 0 saturated heterocycles. The van der Waals surface area contributed by atoms with Crippen molar-refractivity contribution < 1.29 is 0 Å². The van der Waals surface area contributed by atoms with Gasteiger partial charge >= 0.3 is 0 Å². The Bertz CT molecular complexity index is 605. The van der Waals surface area contributed by atoms with Crippen LogP contribution in [0.3, 0.4) is 0 Å². The van der Waals surface area contributed by atoms with Gasteiger partial charge in [0.25, 0.3) is 0 Å². The summed E-state index contributed by atoms with van der Waals surface area (Å²) in [5, 5.41) is 0. The topological polar surface area (TPSA) is 30.7 Å². The molecule has 4 heteroatoms. The molecule has 1 saturated carbocycles. The highest BCUT2D eigenvalue weighted by atomic mass is 35.5. The van der Waals surface area contributed by atoms with Gasteiger partial charge in [-0.05, 0) is 37.3 Å². The molecule has 1 aliphatic carbocycles. The van der Waals surface area contributed by atoms with Gasteiger partial charge in [-0.25, -0.2) is 9.97 Å². The Morgan fingerprint density at radius 2 is 2.15 bits per heavy atom. The fourth-order valence-electron chi connectivity index (χ4n) is 3.34. The largest absolute Gasteiger partial charge is 0.312 e. The van der Waals surface area contributed by atoms with Crippen LogP contribution in [0.1, 0.15) is 37.7 Å². The van der Waals surface area contributed by atoms with Crippen LogP contribution in [0.4, 0.5) is 0 Å². The lowest BCUT2D eigenvalue weighted by molar-refractivity contribution is 0.363. The maximum absolute atomic E-state index is 5.94. The molecule has 0 aromatic carbocycles. The van der Waals surface area contributed by atoms with Crippen molar-refractivity contribution in [3.05, 3.63) is 23.7 Å². The van der Waals surface area contributed by atoms with Gasteiger partial charge in [0.15, 0.2) is 5.65 Å². The molecule has 1 aliphatic rings. The molecule has 0 N–H and O–H groups in total. The normalized spacial score (nSPS) is 22.8. The minimum Gasteiger partial charge on any atom is -0.312 e. The lowest BCUT2D eigenvalue weighted by atomic mass is 9.98. The van der Waals surface area contributed by atoms with Crippen LogP contribution in [0.25, 0.3) is 11.2 Å². The van der Waals surface area contributed by atoms with E-state index in [4.69, 9.17) is 21.6 Å². The molecule has 3 rings (SSSR count). The molecular weight excluding hydrogens is 270 g/mol. The van der Waals surface area contributed by atoms with E-state index in [0.29, 0.717) is 5.88 Å². The van der Waals surface area contributed by atoms with Gasteiger partial charge in [-0.15, -0.1) is 11.6 Å². The molecular formula is C16H22ClN3. The summed E-state index contributed by atoms with van der Waals surface area (Å²) in [5.74, 6) is 3.26. The Balaban J connectivity index is 2.01. The molecule has 2 atom stereocenters. The standard InChI is InChI=1S/C16H22ClN3/c1-11-4-3-5-13(11)10-20-15(8-9-17)19-14-7-6-12(2)18-16(14)20/h6-7,11,13H,3-5,8-10H2,1-2H3. The van der Waals surface area contributed by atoms with Crippen molar-refractivity contribution in [2.45, 2.75) is 46.1 Å². The van der Waals surface area contributed by atoms with Gasteiger partial charge in [0.1, 0.15) is 11.3 Å². The summed E-state index contributed by atoms with van der Waals surface area (Å²) in [6.45, 7) is 5.45. The van der Waals surface area contributed by atoms with Crippen LogP contribution in [0, 0.1) is 18.8 Å². The maximum Gasteiger partial charge on any atom is 0.160 e. The number of aryl methyl sites for hydroxylation is 2. The number of nitrogens with zero attached hydrogens (tertiary/aromatic N) is 3. The second-order valence-electron chi connectivity index (χ2n) is 6.04. The molecule has 0 bridgehead atoms. The molecule has 3 nitrogen and oxygen atoms in total. The summed E-state index contributed by atoms with van der Waals surface area (Å²) in [5.41, 5.74) is 3.08. The molecule has 0 spiro atoms. The van der Waals surface area contributed by atoms with Crippen molar-refractivity contribution in [2.24, 2.45) is 11.8 Å². The average Bonchev–Trinajstić information content (AvgIpc) is 2.96. The van der Waals surface area contributed by atoms with Gasteiger partial charge in [0.2, 0.25) is 0 Å². The predicted octanol–water partition coefficient (Wildman–Crippen LogP) is 3.96. The first-order chi connectivity index (χ1) is 9.69. The van der Waals surface area contributed by atoms with Crippen LogP contribution in [0.5, 0.6) is 0 Å². The minimum atomic E-state index is 0.614. The first-order valence-corrected chi connectivity index (χ1v) is 8.11. The first-order valence-electron chi connectivity index (χ1n) is 7.57. The monoisotopic (exact) mass is 291 g/mol. The van der Waals surface area contributed by atoms with Crippen LogP contribution in [-0.4, -0.2) is 20.4 Å². The van der Waals surface area contributed by atoms with Crippen LogP contribution in [0.15, 0.2) is 12.1 Å². The SMILES string of the molecule is Cc1ccc2nc(CCCl)n(CC3CCCC3C)c2n1. The highest BCUT2D eigenvalue weighted by Gasteiger charge is 2.25. The number of halogens is 1. The third-order valence-electron chi connectivity index (χ3n) is 4.58. The van der Waals surface area contributed by atoms with Crippen LogP contribution in [0.2, 0.25) is 0 Å². The second-order valence-corrected chi connectivity index (χ2v) is 6.42. The van der Waals surface area contributed by atoms with Crippen molar-refractivity contribution in [3.8, 4) is 0 Å². The van der Waals surface area contributed by atoms with E-state index < -0.39 is 0 Å². The van der Waals surface area contributed by atoms with Gasteiger partial charge in [-0.1, -0.05) is 19.8 Å². The first kappa shape index (κ1) is 13.9. The van der Waals surface area contributed by atoms with E-state index in [2.05, 4.69) is 17.6 Å². The zero-order valence-electron chi connectivity index (χ0n) is 12.3. The van der Waals surface area contributed by atoms with Crippen LogP contribution >= 0.6 is 11.6 Å². The van der Waals surface area contributed by atoms with Gasteiger partial charge < -0.3 is 4.57 Å². The number of pyridine rings is 1. The maximum atomic E-state index is 5.94. The Labute approximate surface area is 125 Å². The lowest BCUT2D eigenvalue weighted by Crippen LogP contribution is -2.16. The number of hydrogen-bond acceptors (Lipinski definition) is 2. The van der Waals surface area contributed by atoms with Gasteiger partial charge in [0, 0.05) is 24.5 Å². The third kappa shape index (κ3) is 2.56. The van der Waals surface area contributed by atoms with Gasteiger partial charge in [0.05, 0.1) is 0 Å². The zero-order chi connectivity index (χ0) is 14.1. The minimum absolute atomic E-state index is 0.614. The van der Waals surface area contributed by atoms with Gasteiger partial charge in [-0.2, -0.15) is 0 Å². The van der Waals surface area contributed by atoms with Gasteiger partial charge in [-0.3, -0.25) is 0 Å². The molecule has 2 aromatic rings. The summed E-state index contributed by atoms with van der Waals surface area (Å²) in [4.78, 5) is 9.43. The summed E-state index contributed by atoms with van der Waals surface area (Å²) < 4.78 is 2.32. The molecule has 0 amide bonds. The molecule has 2 aromatic heterocycles. The van der Waals surface area contributed by atoms with E-state index in [1.807, 2.05) is 13.0 Å². The number of fused-ring (bicyclic) bond motifs is 1. The van der Waals surface area contributed by atoms with Crippen LogP contribution in [-0.2, 0) is 13.0 Å². The molecule has 0 aliphatic heterocycles. The Morgan fingerprint density at radius 1 is 1.30 bits per heavy atom. The summed E-state index contributed by atoms with van der Waals surface area (Å²) in [6, 6.07) is 4.10. The molecule has 108 valence electrons. The Morgan fingerprint density at radius 3 is 2.85 bits per heavy atom. The zero-order valence-corrected chi connectivity index (χ0v) is 13.0. The van der Waals surface area contributed by atoms with E-state index in [1.165, 1.54) is 19.3 Å². The van der Waals surface area contributed by atoms with Crippen molar-refractivity contribution in [1.29, 1.82) is 0 Å². The fraction of sp³-hybridized carbons (Fsp3) is 0.625. The fourth-order valence-corrected chi connectivity index (χ4v) is 3.51. The van der Waals surface area contributed by atoms with Crippen molar-refractivity contribution in [3.63, 3.8) is 0 Å². The third-order valence-corrected chi connectivity index (χ3v) is 4.77. The molecule has 1 fully saturated rings. The van der Waals surface area contributed by atoms with E-state index in [1.54, 1.807) is 0 Å². The van der Waals surface area contributed by atoms with E-state index in [0.717, 1.165) is 47.5 Å². The number of imidazole rings is 1. The second kappa shape index (κ2) is 5.72. The highest BCUT2D eigenvalue weighted by molar-refractivity contribution is 6.17. The Hall–Kier alpha value is -1.09. The predicted molar refractivity (Wildman–Crippen MR) is 83.2 cm³/mol. The number of hydrogen-bond donors (Lipinski definition) is 0. The number of rotatable bonds is 4. The summed E-state index contributed by atoms with van der Waals surface area (Å²) >= 11 is 5.94. The quantitative estimate of drug-likeness (QED) is 0.798. The van der Waals surface area contributed by atoms with E-state index >= 15 is 0 Å². The lowest BCUT2D eigenvalue weighted by Gasteiger charge is -2.18. The van der Waals surface area contributed by atoms with E-state index in [9.17, 15) is 0 Å². The van der Waals surface area contributed by atoms with Crippen molar-refractivity contribution in [1.82, 2.24) is 14.5 Å². The molecule has 2 heterocycles. The molecule has 20 heavy (non-hydrogen) atoms. The highest BCUT2D eigenvalue weighted by Crippen LogP contribution is 2.33. The van der Waals surface area contributed by atoms with Crippen molar-refractivity contribution in [2.75, 3.05) is 5.88 Å². The molecule has 0 radical (unpaired) electrons.